The summed E-state index contributed by atoms with van der Waals surface area (Å²) in [5.74, 6) is 0.556. The predicted octanol–water partition coefficient (Wildman–Crippen LogP) is 1.12. The van der Waals surface area contributed by atoms with Crippen LogP contribution in [0, 0.1) is 5.92 Å². The maximum absolute atomic E-state index is 10.8. The molecule has 0 aliphatic carbocycles. The van der Waals surface area contributed by atoms with Crippen molar-refractivity contribution in [3.05, 3.63) is 12.7 Å². The Morgan fingerprint density at radius 2 is 1.94 bits per heavy atom. The molecule has 0 radical (unpaired) electrons. The van der Waals surface area contributed by atoms with Crippen molar-refractivity contribution in [3.63, 3.8) is 0 Å². The zero-order chi connectivity index (χ0) is 12.6. The third-order valence-electron chi connectivity index (χ3n) is 2.58. The van der Waals surface area contributed by atoms with Gasteiger partial charge in [0.1, 0.15) is 0 Å². The van der Waals surface area contributed by atoms with Crippen LogP contribution < -0.4 is 10.0 Å². The van der Waals surface area contributed by atoms with Crippen LogP contribution in [0.15, 0.2) is 12.7 Å². The lowest BCUT2D eigenvalue weighted by molar-refractivity contribution is 0.401. The lowest BCUT2D eigenvalue weighted by Crippen LogP contribution is -2.34. The highest BCUT2D eigenvalue weighted by Gasteiger charge is 2.09. The van der Waals surface area contributed by atoms with E-state index < -0.39 is 10.0 Å². The summed E-state index contributed by atoms with van der Waals surface area (Å²) in [5.41, 5.74) is 0. The van der Waals surface area contributed by atoms with Crippen molar-refractivity contribution in [1.82, 2.24) is 10.0 Å². The molecule has 0 fully saturated rings. The van der Waals surface area contributed by atoms with Crippen LogP contribution in [-0.4, -0.2) is 33.8 Å². The average Bonchev–Trinajstić information content (AvgIpc) is 2.15. The normalized spacial score (nSPS) is 15.7. The van der Waals surface area contributed by atoms with Gasteiger partial charge in [-0.05, 0) is 32.2 Å². The van der Waals surface area contributed by atoms with Crippen molar-refractivity contribution in [2.75, 3.05) is 19.3 Å². The number of nitrogens with one attached hydrogen (secondary N) is 2. The molecule has 0 spiro atoms. The molecule has 0 aromatic heterocycles. The third-order valence-corrected chi connectivity index (χ3v) is 3.30. The van der Waals surface area contributed by atoms with Crippen LogP contribution in [0.25, 0.3) is 0 Å². The topological polar surface area (TPSA) is 58.2 Å². The van der Waals surface area contributed by atoms with E-state index in [1.165, 1.54) is 6.26 Å². The van der Waals surface area contributed by atoms with Crippen molar-refractivity contribution in [1.29, 1.82) is 0 Å². The number of hydrogen-bond acceptors (Lipinski definition) is 3. The van der Waals surface area contributed by atoms with E-state index in [4.69, 9.17) is 0 Å². The number of sulfonamides is 1. The highest BCUT2D eigenvalue weighted by Crippen LogP contribution is 2.07. The Labute approximate surface area is 99.6 Å². The second kappa shape index (κ2) is 7.81. The van der Waals surface area contributed by atoms with Crippen molar-refractivity contribution >= 4 is 10.0 Å². The van der Waals surface area contributed by atoms with E-state index in [-0.39, 0.29) is 0 Å². The smallest absolute Gasteiger partial charge is 0.208 e. The Morgan fingerprint density at radius 3 is 2.44 bits per heavy atom. The van der Waals surface area contributed by atoms with Crippen molar-refractivity contribution < 1.29 is 8.42 Å². The van der Waals surface area contributed by atoms with Gasteiger partial charge in [-0.2, -0.15) is 0 Å². The minimum absolute atomic E-state index is 0.427. The SMILES string of the molecule is C=CCC(C)C(C)NCCCNS(C)(=O)=O. The maximum atomic E-state index is 10.8. The van der Waals surface area contributed by atoms with E-state index in [1.807, 2.05) is 6.08 Å². The van der Waals surface area contributed by atoms with Gasteiger partial charge in [0.05, 0.1) is 6.26 Å². The lowest BCUT2D eigenvalue weighted by Gasteiger charge is -2.20. The number of rotatable bonds is 9. The molecule has 16 heavy (non-hydrogen) atoms. The fourth-order valence-corrected chi connectivity index (χ4v) is 1.86. The van der Waals surface area contributed by atoms with Gasteiger partial charge in [0.15, 0.2) is 0 Å². The molecule has 2 N–H and O–H groups in total. The predicted molar refractivity (Wildman–Crippen MR) is 68.9 cm³/mol. The third kappa shape index (κ3) is 8.88. The van der Waals surface area contributed by atoms with Gasteiger partial charge in [0.25, 0.3) is 0 Å². The summed E-state index contributed by atoms with van der Waals surface area (Å²) in [6.45, 7) is 9.35. The minimum atomic E-state index is -3.04. The highest BCUT2D eigenvalue weighted by molar-refractivity contribution is 7.88. The Kier molecular flexibility index (Phi) is 7.62. The molecule has 0 aliphatic rings. The van der Waals surface area contributed by atoms with E-state index in [0.717, 1.165) is 19.4 Å². The first-order valence-corrected chi connectivity index (χ1v) is 7.55. The van der Waals surface area contributed by atoms with E-state index >= 15 is 0 Å². The summed E-state index contributed by atoms with van der Waals surface area (Å²) in [6, 6.07) is 0.427. The van der Waals surface area contributed by atoms with Crippen LogP contribution in [0.5, 0.6) is 0 Å². The molecule has 96 valence electrons. The minimum Gasteiger partial charge on any atom is -0.314 e. The lowest BCUT2D eigenvalue weighted by atomic mass is 10.00. The van der Waals surface area contributed by atoms with Crippen LogP contribution in [0.1, 0.15) is 26.7 Å². The van der Waals surface area contributed by atoms with E-state index in [9.17, 15) is 8.42 Å². The standard InChI is InChI=1S/C11H24N2O2S/c1-5-7-10(2)11(3)12-8-6-9-13-16(4,14)15/h5,10-13H,1,6-9H2,2-4H3. The summed E-state index contributed by atoms with van der Waals surface area (Å²) in [6.07, 6.45) is 4.90. The van der Waals surface area contributed by atoms with Crippen molar-refractivity contribution in [3.8, 4) is 0 Å². The molecule has 0 aromatic rings. The zero-order valence-electron chi connectivity index (χ0n) is 10.5. The van der Waals surface area contributed by atoms with Crippen LogP contribution in [-0.2, 0) is 10.0 Å². The Hall–Kier alpha value is -0.390. The van der Waals surface area contributed by atoms with E-state index in [0.29, 0.717) is 18.5 Å². The van der Waals surface area contributed by atoms with Gasteiger partial charge in [-0.15, -0.1) is 6.58 Å². The molecule has 4 nitrogen and oxygen atoms in total. The zero-order valence-corrected chi connectivity index (χ0v) is 11.3. The van der Waals surface area contributed by atoms with Crippen molar-refractivity contribution in [2.45, 2.75) is 32.7 Å². The largest absolute Gasteiger partial charge is 0.314 e. The van der Waals surface area contributed by atoms with Gasteiger partial charge in [-0.25, -0.2) is 13.1 Å². The first-order valence-electron chi connectivity index (χ1n) is 5.65. The molecule has 0 saturated carbocycles. The molecule has 2 atom stereocenters. The first kappa shape index (κ1) is 15.6. The second-order valence-electron chi connectivity index (χ2n) is 4.26. The molecule has 0 amide bonds. The molecule has 0 rings (SSSR count). The van der Waals surface area contributed by atoms with Crippen LogP contribution >= 0.6 is 0 Å². The summed E-state index contributed by atoms with van der Waals surface area (Å²) >= 11 is 0. The van der Waals surface area contributed by atoms with Crippen LogP contribution in [0.2, 0.25) is 0 Å². The summed E-state index contributed by atoms with van der Waals surface area (Å²) in [4.78, 5) is 0. The number of allylic oxidation sites excluding steroid dienone is 1. The molecule has 2 unspecified atom stereocenters. The molecule has 0 heterocycles. The molecular weight excluding hydrogens is 224 g/mol. The molecular formula is C11H24N2O2S. The monoisotopic (exact) mass is 248 g/mol. The fraction of sp³-hybridized carbons (Fsp3) is 0.818. The Balaban J connectivity index is 3.55. The van der Waals surface area contributed by atoms with E-state index in [1.54, 1.807) is 0 Å². The quantitative estimate of drug-likeness (QED) is 0.475. The molecule has 0 aliphatic heterocycles. The van der Waals surface area contributed by atoms with Gasteiger partial charge in [0, 0.05) is 12.6 Å². The molecule has 0 aromatic carbocycles. The highest BCUT2D eigenvalue weighted by atomic mass is 32.2. The van der Waals surface area contributed by atoms with Gasteiger partial charge in [-0.3, -0.25) is 0 Å². The fourth-order valence-electron chi connectivity index (χ4n) is 1.34. The summed E-state index contributed by atoms with van der Waals surface area (Å²) in [7, 11) is -3.04. The number of hydrogen-bond donors (Lipinski definition) is 2. The van der Waals surface area contributed by atoms with Gasteiger partial charge in [0.2, 0.25) is 10.0 Å². The van der Waals surface area contributed by atoms with Gasteiger partial charge < -0.3 is 5.32 Å². The molecule has 5 heteroatoms. The average molecular weight is 248 g/mol. The second-order valence-corrected chi connectivity index (χ2v) is 6.10. The van der Waals surface area contributed by atoms with Gasteiger partial charge >= 0.3 is 0 Å². The molecule has 0 saturated heterocycles. The van der Waals surface area contributed by atoms with Gasteiger partial charge in [-0.1, -0.05) is 13.0 Å². The Morgan fingerprint density at radius 1 is 1.31 bits per heavy atom. The van der Waals surface area contributed by atoms with Crippen molar-refractivity contribution in [2.24, 2.45) is 5.92 Å². The molecule has 0 bridgehead atoms. The van der Waals surface area contributed by atoms with Crippen LogP contribution in [0.3, 0.4) is 0 Å². The summed E-state index contributed by atoms with van der Waals surface area (Å²) in [5, 5.41) is 3.37. The van der Waals surface area contributed by atoms with Crippen LogP contribution in [0.4, 0.5) is 0 Å². The first-order chi connectivity index (χ1) is 7.37. The maximum Gasteiger partial charge on any atom is 0.208 e. The summed E-state index contributed by atoms with van der Waals surface area (Å²) < 4.78 is 24.0. The Bertz CT molecular complexity index is 288. The van der Waals surface area contributed by atoms with E-state index in [2.05, 4.69) is 30.5 Å².